The molecule has 0 N–H and O–H groups in total. The van der Waals surface area contributed by atoms with E-state index in [0.29, 0.717) is 17.3 Å². The molecule has 4 atom stereocenters. The standard InChI is InChI=1S/C29H40O4/c1-28(2)22(19-25(28)20-7-11-23(30-5)12-8-20)15-17-32-18-16-26-29(3,4)27(33-26)21-9-13-24(31-6)14-10-21/h7-14,22,25-27H,15-19H2,1-6H3. The Labute approximate surface area is 199 Å². The summed E-state index contributed by atoms with van der Waals surface area (Å²) in [6, 6.07) is 16.8. The molecule has 2 aliphatic rings. The summed E-state index contributed by atoms with van der Waals surface area (Å²) in [7, 11) is 3.41. The average Bonchev–Trinajstić information content (AvgIpc) is 2.82. The Kier molecular flexibility index (Phi) is 7.07. The van der Waals surface area contributed by atoms with Crippen molar-refractivity contribution >= 4 is 0 Å². The molecule has 1 saturated carbocycles. The zero-order valence-electron chi connectivity index (χ0n) is 21.1. The molecule has 1 heterocycles. The van der Waals surface area contributed by atoms with Crippen LogP contribution < -0.4 is 9.47 Å². The van der Waals surface area contributed by atoms with E-state index in [9.17, 15) is 0 Å². The van der Waals surface area contributed by atoms with Crippen LogP contribution >= 0.6 is 0 Å². The quantitative estimate of drug-likeness (QED) is 0.372. The van der Waals surface area contributed by atoms with E-state index in [2.05, 4.69) is 64.1 Å². The molecule has 33 heavy (non-hydrogen) atoms. The van der Waals surface area contributed by atoms with Crippen molar-refractivity contribution in [1.29, 1.82) is 0 Å². The van der Waals surface area contributed by atoms with Crippen LogP contribution in [0.25, 0.3) is 0 Å². The maximum Gasteiger partial charge on any atom is 0.118 e. The van der Waals surface area contributed by atoms with Crippen molar-refractivity contribution in [3.8, 4) is 11.5 Å². The van der Waals surface area contributed by atoms with Crippen molar-refractivity contribution in [2.24, 2.45) is 16.7 Å². The summed E-state index contributed by atoms with van der Waals surface area (Å²) in [5.74, 6) is 3.13. The molecule has 1 aliphatic heterocycles. The molecule has 4 unspecified atom stereocenters. The molecule has 4 rings (SSSR count). The summed E-state index contributed by atoms with van der Waals surface area (Å²) < 4.78 is 22.9. The fourth-order valence-electron chi connectivity index (χ4n) is 5.76. The van der Waals surface area contributed by atoms with Crippen molar-refractivity contribution < 1.29 is 18.9 Å². The molecule has 4 nitrogen and oxygen atoms in total. The van der Waals surface area contributed by atoms with E-state index in [1.165, 1.54) is 17.5 Å². The van der Waals surface area contributed by atoms with E-state index in [-0.39, 0.29) is 17.6 Å². The second-order valence-corrected chi connectivity index (χ2v) is 10.9. The Bertz CT molecular complexity index is 825. The molecule has 0 aromatic heterocycles. The van der Waals surface area contributed by atoms with Crippen molar-refractivity contribution in [3.63, 3.8) is 0 Å². The van der Waals surface area contributed by atoms with Gasteiger partial charge in [-0.1, -0.05) is 52.0 Å². The lowest BCUT2D eigenvalue weighted by Gasteiger charge is -2.53. The number of hydrogen-bond acceptors (Lipinski definition) is 4. The normalized spacial score (nSPS) is 27.3. The zero-order valence-corrected chi connectivity index (χ0v) is 21.1. The molecule has 0 radical (unpaired) electrons. The molecule has 4 heteroatoms. The molecule has 0 bridgehead atoms. The lowest BCUT2D eigenvalue weighted by Crippen LogP contribution is -2.50. The van der Waals surface area contributed by atoms with Crippen LogP contribution in [0.4, 0.5) is 0 Å². The van der Waals surface area contributed by atoms with Crippen LogP contribution in [0.3, 0.4) is 0 Å². The highest BCUT2D eigenvalue weighted by Crippen LogP contribution is 2.58. The second-order valence-electron chi connectivity index (χ2n) is 10.9. The maximum atomic E-state index is 6.26. The summed E-state index contributed by atoms with van der Waals surface area (Å²) in [6.45, 7) is 11.0. The lowest BCUT2D eigenvalue weighted by atomic mass is 9.52. The maximum absolute atomic E-state index is 6.26. The number of ether oxygens (including phenoxy) is 4. The van der Waals surface area contributed by atoms with Crippen molar-refractivity contribution in [3.05, 3.63) is 59.7 Å². The van der Waals surface area contributed by atoms with Crippen molar-refractivity contribution in [2.45, 2.75) is 65.1 Å². The highest BCUT2D eigenvalue weighted by Gasteiger charge is 2.50. The molecule has 2 aromatic carbocycles. The summed E-state index contributed by atoms with van der Waals surface area (Å²) >= 11 is 0. The number of methoxy groups -OCH3 is 2. The molecule has 1 aliphatic carbocycles. The van der Waals surface area contributed by atoms with Gasteiger partial charge in [0.2, 0.25) is 0 Å². The summed E-state index contributed by atoms with van der Waals surface area (Å²) in [4.78, 5) is 0. The van der Waals surface area contributed by atoms with E-state index < -0.39 is 0 Å². The van der Waals surface area contributed by atoms with Crippen LogP contribution in [0, 0.1) is 16.7 Å². The number of hydrogen-bond donors (Lipinski definition) is 0. The lowest BCUT2D eigenvalue weighted by molar-refractivity contribution is -0.244. The van der Waals surface area contributed by atoms with Crippen LogP contribution in [-0.4, -0.2) is 33.5 Å². The van der Waals surface area contributed by atoms with Gasteiger partial charge < -0.3 is 18.9 Å². The summed E-state index contributed by atoms with van der Waals surface area (Å²) in [5, 5.41) is 0. The Morgan fingerprint density at radius 2 is 1.30 bits per heavy atom. The van der Waals surface area contributed by atoms with Gasteiger partial charge in [0, 0.05) is 18.6 Å². The summed E-state index contributed by atoms with van der Waals surface area (Å²) in [6.07, 6.45) is 3.69. The highest BCUT2D eigenvalue weighted by molar-refractivity contribution is 5.33. The van der Waals surface area contributed by atoms with E-state index in [4.69, 9.17) is 18.9 Å². The minimum absolute atomic E-state index is 0.111. The van der Waals surface area contributed by atoms with Gasteiger partial charge in [-0.2, -0.15) is 0 Å². The van der Waals surface area contributed by atoms with Gasteiger partial charge >= 0.3 is 0 Å². The first-order valence-electron chi connectivity index (χ1n) is 12.3. The third-order valence-corrected chi connectivity index (χ3v) is 8.35. The Hall–Kier alpha value is -2.04. The van der Waals surface area contributed by atoms with Crippen LogP contribution in [0.15, 0.2) is 48.5 Å². The van der Waals surface area contributed by atoms with Gasteiger partial charge in [-0.05, 0) is 71.9 Å². The average molecular weight is 453 g/mol. The van der Waals surface area contributed by atoms with Gasteiger partial charge in [-0.15, -0.1) is 0 Å². The summed E-state index contributed by atoms with van der Waals surface area (Å²) in [5.41, 5.74) is 3.06. The van der Waals surface area contributed by atoms with E-state index in [1.54, 1.807) is 14.2 Å². The zero-order chi connectivity index (χ0) is 23.6. The van der Waals surface area contributed by atoms with Gasteiger partial charge in [-0.25, -0.2) is 0 Å². The van der Waals surface area contributed by atoms with Gasteiger partial charge in [0.1, 0.15) is 11.5 Å². The minimum Gasteiger partial charge on any atom is -0.497 e. The molecular formula is C29H40O4. The van der Waals surface area contributed by atoms with Gasteiger partial charge in [0.05, 0.1) is 26.4 Å². The molecule has 1 saturated heterocycles. The van der Waals surface area contributed by atoms with Crippen LogP contribution in [0.1, 0.15) is 70.1 Å². The van der Waals surface area contributed by atoms with Crippen LogP contribution in [-0.2, 0) is 9.47 Å². The van der Waals surface area contributed by atoms with Gasteiger partial charge in [0.25, 0.3) is 0 Å². The molecule has 0 amide bonds. The number of rotatable bonds is 10. The molecule has 2 fully saturated rings. The van der Waals surface area contributed by atoms with Crippen molar-refractivity contribution in [1.82, 2.24) is 0 Å². The smallest absolute Gasteiger partial charge is 0.118 e. The van der Waals surface area contributed by atoms with Crippen molar-refractivity contribution in [2.75, 3.05) is 27.4 Å². The molecule has 2 aromatic rings. The predicted molar refractivity (Wildman–Crippen MR) is 132 cm³/mol. The van der Waals surface area contributed by atoms with E-state index in [0.717, 1.165) is 37.6 Å². The topological polar surface area (TPSA) is 36.9 Å². The third kappa shape index (κ3) is 4.79. The Morgan fingerprint density at radius 1 is 0.758 bits per heavy atom. The number of benzene rings is 2. The first-order valence-corrected chi connectivity index (χ1v) is 12.3. The first kappa shape index (κ1) is 24.1. The van der Waals surface area contributed by atoms with Gasteiger partial charge in [0.15, 0.2) is 0 Å². The SMILES string of the molecule is COc1ccc(C2CC(CCOCCC3OC(c4ccc(OC)cc4)C3(C)C)C2(C)C)cc1. The fourth-order valence-corrected chi connectivity index (χ4v) is 5.76. The Balaban J connectivity index is 1.17. The van der Waals surface area contributed by atoms with Crippen LogP contribution in [0.2, 0.25) is 0 Å². The molecule has 0 spiro atoms. The van der Waals surface area contributed by atoms with E-state index >= 15 is 0 Å². The fraction of sp³-hybridized carbons (Fsp3) is 0.586. The second kappa shape index (κ2) is 9.68. The van der Waals surface area contributed by atoms with Gasteiger partial charge in [-0.3, -0.25) is 0 Å². The van der Waals surface area contributed by atoms with Crippen LogP contribution in [0.5, 0.6) is 11.5 Å². The molecule has 180 valence electrons. The largest absolute Gasteiger partial charge is 0.497 e. The molecular weight excluding hydrogens is 412 g/mol. The highest BCUT2D eigenvalue weighted by atomic mass is 16.5. The van der Waals surface area contributed by atoms with E-state index in [1.807, 2.05) is 12.1 Å². The Morgan fingerprint density at radius 3 is 1.82 bits per heavy atom. The first-order chi connectivity index (χ1) is 15.8. The minimum atomic E-state index is 0.111. The third-order valence-electron chi connectivity index (χ3n) is 8.35. The predicted octanol–water partition coefficient (Wildman–Crippen LogP) is 6.80. The monoisotopic (exact) mass is 452 g/mol.